The van der Waals surface area contributed by atoms with E-state index < -0.39 is 6.17 Å². The second-order valence-corrected chi connectivity index (χ2v) is 5.22. The highest BCUT2D eigenvalue weighted by Crippen LogP contribution is 2.25. The van der Waals surface area contributed by atoms with E-state index >= 15 is 0 Å². The molecule has 0 bridgehead atoms. The molecule has 0 unspecified atom stereocenters. The minimum atomic E-state index is -1.15. The van der Waals surface area contributed by atoms with Gasteiger partial charge in [-0.15, -0.1) is 0 Å². The molecule has 1 N–H and O–H groups in total. The summed E-state index contributed by atoms with van der Waals surface area (Å²) in [5.74, 6) is 0. The van der Waals surface area contributed by atoms with Crippen LogP contribution < -0.4 is 5.32 Å². The van der Waals surface area contributed by atoms with Gasteiger partial charge in [0, 0.05) is 24.2 Å². The standard InChI is InChI=1S/C17H19ClFNO/c1-21-12-17(13-7-3-2-4-8-13)20-11-16(19)14-9-5-6-10-15(14)18/h2-10,16-17,20H,11-12H2,1H3/t16-,17-/m0/s1. The predicted molar refractivity (Wildman–Crippen MR) is 84.4 cm³/mol. The van der Waals surface area contributed by atoms with Crippen LogP contribution in [0.15, 0.2) is 54.6 Å². The first kappa shape index (κ1) is 16.0. The molecule has 2 rings (SSSR count). The van der Waals surface area contributed by atoms with Gasteiger partial charge < -0.3 is 10.1 Å². The van der Waals surface area contributed by atoms with Crippen LogP contribution in [0.2, 0.25) is 5.02 Å². The van der Waals surface area contributed by atoms with Crippen LogP contribution >= 0.6 is 11.6 Å². The van der Waals surface area contributed by atoms with Crippen LogP contribution in [0.5, 0.6) is 0 Å². The third-order valence-electron chi connectivity index (χ3n) is 3.32. The van der Waals surface area contributed by atoms with Crippen molar-refractivity contribution in [3.63, 3.8) is 0 Å². The Bertz CT molecular complexity index is 549. The Morgan fingerprint density at radius 3 is 2.43 bits per heavy atom. The van der Waals surface area contributed by atoms with Gasteiger partial charge in [0.25, 0.3) is 0 Å². The third-order valence-corrected chi connectivity index (χ3v) is 3.67. The molecule has 0 aliphatic heterocycles. The molecule has 2 atom stereocenters. The Hall–Kier alpha value is -1.42. The molecule has 0 amide bonds. The van der Waals surface area contributed by atoms with Crippen LogP contribution in [-0.4, -0.2) is 20.3 Å². The van der Waals surface area contributed by atoms with Crippen molar-refractivity contribution in [3.05, 3.63) is 70.7 Å². The lowest BCUT2D eigenvalue weighted by Crippen LogP contribution is -2.28. The van der Waals surface area contributed by atoms with E-state index in [2.05, 4.69) is 5.32 Å². The highest BCUT2D eigenvalue weighted by molar-refractivity contribution is 6.31. The van der Waals surface area contributed by atoms with E-state index in [0.29, 0.717) is 17.2 Å². The molecule has 0 saturated heterocycles. The monoisotopic (exact) mass is 307 g/mol. The van der Waals surface area contributed by atoms with Crippen LogP contribution in [0, 0.1) is 0 Å². The average Bonchev–Trinajstić information content (AvgIpc) is 2.52. The van der Waals surface area contributed by atoms with Gasteiger partial charge in [0.15, 0.2) is 0 Å². The van der Waals surface area contributed by atoms with Gasteiger partial charge in [0.1, 0.15) is 6.17 Å². The van der Waals surface area contributed by atoms with Gasteiger partial charge in [-0.1, -0.05) is 60.1 Å². The van der Waals surface area contributed by atoms with Crippen LogP contribution in [0.3, 0.4) is 0 Å². The molecule has 21 heavy (non-hydrogen) atoms. The summed E-state index contributed by atoms with van der Waals surface area (Å²) in [5, 5.41) is 3.66. The summed E-state index contributed by atoms with van der Waals surface area (Å²) in [7, 11) is 1.64. The molecule has 0 aliphatic rings. The summed E-state index contributed by atoms with van der Waals surface area (Å²) in [6, 6.07) is 16.8. The zero-order chi connectivity index (χ0) is 15.1. The van der Waals surface area contributed by atoms with Gasteiger partial charge in [-0.2, -0.15) is 0 Å². The first-order chi connectivity index (χ1) is 10.2. The molecule has 0 aliphatic carbocycles. The average molecular weight is 308 g/mol. The molecule has 2 nitrogen and oxygen atoms in total. The molecule has 0 radical (unpaired) electrons. The molecule has 112 valence electrons. The molecule has 4 heteroatoms. The number of hydrogen-bond donors (Lipinski definition) is 1. The molecule has 0 fully saturated rings. The van der Waals surface area contributed by atoms with Crippen LogP contribution in [0.1, 0.15) is 23.3 Å². The Balaban J connectivity index is 2.00. The Labute approximate surface area is 129 Å². The minimum Gasteiger partial charge on any atom is -0.383 e. The number of rotatable bonds is 7. The molecular formula is C17H19ClFNO. The fourth-order valence-electron chi connectivity index (χ4n) is 2.21. The van der Waals surface area contributed by atoms with Crippen molar-refractivity contribution >= 4 is 11.6 Å². The zero-order valence-corrected chi connectivity index (χ0v) is 12.7. The van der Waals surface area contributed by atoms with Gasteiger partial charge in [-0.25, -0.2) is 4.39 Å². The fourth-order valence-corrected chi connectivity index (χ4v) is 2.46. The maximum Gasteiger partial charge on any atom is 0.139 e. The van der Waals surface area contributed by atoms with Crippen LogP contribution in [-0.2, 0) is 4.74 Å². The summed E-state index contributed by atoms with van der Waals surface area (Å²) in [6.45, 7) is 0.673. The van der Waals surface area contributed by atoms with Gasteiger partial charge in [-0.05, 0) is 11.6 Å². The van der Waals surface area contributed by atoms with E-state index in [1.807, 2.05) is 30.3 Å². The summed E-state index contributed by atoms with van der Waals surface area (Å²) in [4.78, 5) is 0. The summed E-state index contributed by atoms with van der Waals surface area (Å²) >= 11 is 6.02. The highest BCUT2D eigenvalue weighted by atomic mass is 35.5. The summed E-state index contributed by atoms with van der Waals surface area (Å²) in [6.07, 6.45) is -1.15. The Kier molecular flexibility index (Phi) is 6.18. The van der Waals surface area contributed by atoms with E-state index in [9.17, 15) is 4.39 Å². The molecule has 0 heterocycles. The van der Waals surface area contributed by atoms with Crippen molar-refractivity contribution in [2.75, 3.05) is 20.3 Å². The van der Waals surface area contributed by atoms with Crippen molar-refractivity contribution in [1.82, 2.24) is 5.32 Å². The van der Waals surface area contributed by atoms with Gasteiger partial charge >= 0.3 is 0 Å². The third kappa shape index (κ3) is 4.53. The van der Waals surface area contributed by atoms with Crippen molar-refractivity contribution < 1.29 is 9.13 Å². The van der Waals surface area contributed by atoms with E-state index in [1.54, 1.807) is 31.4 Å². The minimum absolute atomic E-state index is 0.0445. The van der Waals surface area contributed by atoms with Crippen molar-refractivity contribution in [2.24, 2.45) is 0 Å². The van der Waals surface area contributed by atoms with Crippen molar-refractivity contribution in [2.45, 2.75) is 12.2 Å². The van der Waals surface area contributed by atoms with Crippen LogP contribution in [0.25, 0.3) is 0 Å². The molecule has 2 aromatic rings. The molecular weight excluding hydrogens is 289 g/mol. The fraction of sp³-hybridized carbons (Fsp3) is 0.294. The van der Waals surface area contributed by atoms with Gasteiger partial charge in [0.05, 0.1) is 12.6 Å². The normalized spacial score (nSPS) is 13.9. The second kappa shape index (κ2) is 8.13. The number of nitrogens with one attached hydrogen (secondary N) is 1. The maximum absolute atomic E-state index is 14.3. The number of alkyl halides is 1. The van der Waals surface area contributed by atoms with Crippen molar-refractivity contribution in [3.8, 4) is 0 Å². The summed E-state index contributed by atoms with van der Waals surface area (Å²) in [5.41, 5.74) is 1.58. The van der Waals surface area contributed by atoms with E-state index in [-0.39, 0.29) is 12.6 Å². The maximum atomic E-state index is 14.3. The molecule has 0 aromatic heterocycles. The lowest BCUT2D eigenvalue weighted by Gasteiger charge is -2.20. The number of halogens is 2. The number of hydrogen-bond acceptors (Lipinski definition) is 2. The smallest absolute Gasteiger partial charge is 0.139 e. The quantitative estimate of drug-likeness (QED) is 0.822. The van der Waals surface area contributed by atoms with E-state index in [4.69, 9.17) is 16.3 Å². The zero-order valence-electron chi connectivity index (χ0n) is 11.9. The lowest BCUT2D eigenvalue weighted by molar-refractivity contribution is 0.161. The summed E-state index contributed by atoms with van der Waals surface area (Å²) < 4.78 is 19.5. The Morgan fingerprint density at radius 1 is 1.10 bits per heavy atom. The van der Waals surface area contributed by atoms with E-state index in [0.717, 1.165) is 5.56 Å². The largest absolute Gasteiger partial charge is 0.383 e. The molecule has 0 spiro atoms. The van der Waals surface area contributed by atoms with E-state index in [1.165, 1.54) is 0 Å². The molecule has 2 aromatic carbocycles. The van der Waals surface area contributed by atoms with Crippen molar-refractivity contribution in [1.29, 1.82) is 0 Å². The van der Waals surface area contributed by atoms with Gasteiger partial charge in [0.2, 0.25) is 0 Å². The Morgan fingerprint density at radius 2 is 1.76 bits per heavy atom. The SMILES string of the molecule is COC[C@H](NC[C@H](F)c1ccccc1Cl)c1ccccc1. The topological polar surface area (TPSA) is 21.3 Å². The first-order valence-corrected chi connectivity index (χ1v) is 7.26. The lowest BCUT2D eigenvalue weighted by atomic mass is 10.1. The highest BCUT2D eigenvalue weighted by Gasteiger charge is 2.16. The van der Waals surface area contributed by atoms with Gasteiger partial charge in [-0.3, -0.25) is 0 Å². The number of methoxy groups -OCH3 is 1. The number of ether oxygens (including phenoxy) is 1. The number of benzene rings is 2. The predicted octanol–water partition coefficient (Wildman–Crippen LogP) is 4.33. The molecule has 0 saturated carbocycles. The van der Waals surface area contributed by atoms with Crippen LogP contribution in [0.4, 0.5) is 4.39 Å². The first-order valence-electron chi connectivity index (χ1n) is 6.88. The second-order valence-electron chi connectivity index (χ2n) is 4.82.